The Bertz CT molecular complexity index is 960. The smallest absolute Gasteiger partial charge is 0.407 e. The van der Waals surface area contributed by atoms with Gasteiger partial charge in [0.2, 0.25) is 5.91 Å². The molecule has 7 nitrogen and oxygen atoms in total. The van der Waals surface area contributed by atoms with Gasteiger partial charge in [-0.05, 0) is 34.6 Å². The molecule has 33 heavy (non-hydrogen) atoms. The molecule has 0 radical (unpaired) electrons. The summed E-state index contributed by atoms with van der Waals surface area (Å²) in [5.74, 6) is -1.70. The van der Waals surface area contributed by atoms with Crippen LogP contribution in [0.4, 0.5) is 4.79 Å². The quantitative estimate of drug-likeness (QED) is 0.498. The van der Waals surface area contributed by atoms with Crippen LogP contribution in [0.3, 0.4) is 0 Å². The minimum atomic E-state index is -1.06. The van der Waals surface area contributed by atoms with Crippen molar-refractivity contribution in [2.24, 2.45) is 5.92 Å². The number of hydrogen-bond acceptors (Lipinski definition) is 4. The lowest BCUT2D eigenvalue weighted by Crippen LogP contribution is -2.47. The van der Waals surface area contributed by atoms with E-state index in [-0.39, 0.29) is 24.9 Å². The van der Waals surface area contributed by atoms with E-state index in [1.807, 2.05) is 38.1 Å². The summed E-state index contributed by atoms with van der Waals surface area (Å²) in [4.78, 5) is 36.4. The standard InChI is InChI=1S/C26H32N2O5/c1-4-16(3)24(25(30)31)28-23(29)14-17(5-2)27-26(32)33-15-22-20-12-8-6-10-18(20)19-11-7-9-13-21(19)22/h6-13,16-17,22,24H,4-5,14-15H2,1-3H3,(H,27,32)(H,28,29)(H,30,31)/t16-,17+,24-/m0/s1. The Kier molecular flexibility index (Phi) is 8.09. The third kappa shape index (κ3) is 5.72. The van der Waals surface area contributed by atoms with E-state index < -0.39 is 30.1 Å². The molecule has 0 aliphatic heterocycles. The van der Waals surface area contributed by atoms with Crippen molar-refractivity contribution in [3.05, 3.63) is 59.7 Å². The lowest BCUT2D eigenvalue weighted by molar-refractivity contribution is -0.143. The molecule has 176 valence electrons. The van der Waals surface area contributed by atoms with Gasteiger partial charge in [-0.1, -0.05) is 75.7 Å². The van der Waals surface area contributed by atoms with Gasteiger partial charge in [-0.25, -0.2) is 9.59 Å². The molecule has 1 aliphatic rings. The maximum Gasteiger partial charge on any atom is 0.407 e. The number of carbonyl (C=O) groups is 3. The van der Waals surface area contributed by atoms with Crippen molar-refractivity contribution in [3.8, 4) is 11.1 Å². The highest BCUT2D eigenvalue weighted by Crippen LogP contribution is 2.44. The Hall–Kier alpha value is -3.35. The van der Waals surface area contributed by atoms with Crippen LogP contribution in [0.25, 0.3) is 11.1 Å². The van der Waals surface area contributed by atoms with Crippen LogP contribution >= 0.6 is 0 Å². The molecule has 0 bridgehead atoms. The van der Waals surface area contributed by atoms with E-state index in [1.54, 1.807) is 6.92 Å². The van der Waals surface area contributed by atoms with E-state index in [0.29, 0.717) is 12.8 Å². The molecule has 3 atom stereocenters. The summed E-state index contributed by atoms with van der Waals surface area (Å²) in [5, 5.41) is 14.7. The summed E-state index contributed by atoms with van der Waals surface area (Å²) in [7, 11) is 0. The van der Waals surface area contributed by atoms with Gasteiger partial charge in [-0.15, -0.1) is 0 Å². The van der Waals surface area contributed by atoms with Gasteiger partial charge >= 0.3 is 12.1 Å². The monoisotopic (exact) mass is 452 g/mol. The van der Waals surface area contributed by atoms with Crippen LogP contribution in [0.1, 0.15) is 57.1 Å². The molecular weight excluding hydrogens is 420 g/mol. The molecule has 3 rings (SSSR count). The summed E-state index contributed by atoms with van der Waals surface area (Å²) in [6, 6.07) is 14.8. The maximum atomic E-state index is 12.5. The first-order valence-corrected chi connectivity index (χ1v) is 11.5. The fourth-order valence-electron chi connectivity index (χ4n) is 4.24. The van der Waals surface area contributed by atoms with Crippen LogP contribution in [0.15, 0.2) is 48.5 Å². The van der Waals surface area contributed by atoms with Crippen LogP contribution in [-0.4, -0.2) is 41.8 Å². The van der Waals surface area contributed by atoms with Gasteiger partial charge in [0.1, 0.15) is 12.6 Å². The summed E-state index contributed by atoms with van der Waals surface area (Å²) in [6.45, 7) is 5.70. The third-order valence-electron chi connectivity index (χ3n) is 6.39. The molecule has 2 amide bonds. The first kappa shape index (κ1) is 24.3. The van der Waals surface area contributed by atoms with Crippen LogP contribution in [0.2, 0.25) is 0 Å². The predicted molar refractivity (Wildman–Crippen MR) is 126 cm³/mol. The lowest BCUT2D eigenvalue weighted by atomic mass is 9.98. The van der Waals surface area contributed by atoms with E-state index in [2.05, 4.69) is 34.9 Å². The Morgan fingerprint density at radius 2 is 1.52 bits per heavy atom. The van der Waals surface area contributed by atoms with E-state index in [1.165, 1.54) is 0 Å². The minimum Gasteiger partial charge on any atom is -0.480 e. The molecule has 0 spiro atoms. The highest BCUT2D eigenvalue weighted by molar-refractivity contribution is 5.84. The number of fused-ring (bicyclic) bond motifs is 3. The average Bonchev–Trinajstić information content (AvgIpc) is 3.13. The van der Waals surface area contributed by atoms with Crippen molar-refractivity contribution in [1.82, 2.24) is 10.6 Å². The molecule has 0 saturated heterocycles. The van der Waals surface area contributed by atoms with Crippen molar-refractivity contribution in [3.63, 3.8) is 0 Å². The predicted octanol–water partition coefficient (Wildman–Crippen LogP) is 4.31. The number of amides is 2. The van der Waals surface area contributed by atoms with E-state index in [9.17, 15) is 19.5 Å². The summed E-state index contributed by atoms with van der Waals surface area (Å²) in [5.41, 5.74) is 4.56. The zero-order valence-electron chi connectivity index (χ0n) is 19.3. The number of alkyl carbamates (subject to hydrolysis) is 1. The second kappa shape index (κ2) is 11.0. The van der Waals surface area contributed by atoms with Gasteiger partial charge < -0.3 is 20.5 Å². The van der Waals surface area contributed by atoms with E-state index >= 15 is 0 Å². The Morgan fingerprint density at radius 3 is 2.03 bits per heavy atom. The normalized spacial score (nSPS) is 15.0. The number of carbonyl (C=O) groups excluding carboxylic acids is 2. The van der Waals surface area contributed by atoms with Crippen molar-refractivity contribution >= 4 is 18.0 Å². The number of nitrogens with one attached hydrogen (secondary N) is 2. The number of hydrogen-bond donors (Lipinski definition) is 3. The zero-order chi connectivity index (χ0) is 24.0. The fourth-order valence-corrected chi connectivity index (χ4v) is 4.24. The van der Waals surface area contributed by atoms with Crippen molar-refractivity contribution in [2.75, 3.05) is 6.61 Å². The molecule has 0 unspecified atom stereocenters. The molecule has 7 heteroatoms. The zero-order valence-corrected chi connectivity index (χ0v) is 19.3. The number of benzene rings is 2. The molecule has 1 aliphatic carbocycles. The number of ether oxygens (including phenoxy) is 1. The number of carboxylic acid groups (broad SMARTS) is 1. The SMILES string of the molecule is CC[C@H](CC(=O)N[C@H](C(=O)O)[C@@H](C)CC)NC(=O)OCC1c2ccccc2-c2ccccc21. The van der Waals surface area contributed by atoms with Gasteiger partial charge in [0.25, 0.3) is 0 Å². The number of aliphatic carboxylic acids is 1. The first-order valence-electron chi connectivity index (χ1n) is 11.5. The van der Waals surface area contributed by atoms with Crippen molar-refractivity contribution < 1.29 is 24.2 Å². The van der Waals surface area contributed by atoms with Crippen LogP contribution in [0.5, 0.6) is 0 Å². The highest BCUT2D eigenvalue weighted by Gasteiger charge is 2.30. The minimum absolute atomic E-state index is 0.0130. The molecule has 0 fully saturated rings. The summed E-state index contributed by atoms with van der Waals surface area (Å²) in [6.07, 6.45) is 0.541. The Morgan fingerprint density at radius 1 is 0.939 bits per heavy atom. The molecule has 0 heterocycles. The molecule has 0 saturated carbocycles. The maximum absolute atomic E-state index is 12.5. The van der Waals surface area contributed by atoms with Crippen LogP contribution in [-0.2, 0) is 14.3 Å². The van der Waals surface area contributed by atoms with Crippen molar-refractivity contribution in [1.29, 1.82) is 0 Å². The molecule has 2 aromatic carbocycles. The van der Waals surface area contributed by atoms with Crippen LogP contribution in [0, 0.1) is 5.92 Å². The van der Waals surface area contributed by atoms with Crippen molar-refractivity contribution in [2.45, 2.75) is 58.0 Å². The van der Waals surface area contributed by atoms with Crippen LogP contribution < -0.4 is 10.6 Å². The summed E-state index contributed by atoms with van der Waals surface area (Å²) >= 11 is 0. The second-order valence-corrected chi connectivity index (χ2v) is 8.55. The topological polar surface area (TPSA) is 105 Å². The number of carboxylic acids is 1. The van der Waals surface area contributed by atoms with Gasteiger partial charge in [0.15, 0.2) is 0 Å². The number of rotatable bonds is 10. The summed E-state index contributed by atoms with van der Waals surface area (Å²) < 4.78 is 5.55. The average molecular weight is 453 g/mol. The molecule has 3 N–H and O–H groups in total. The Balaban J connectivity index is 1.57. The highest BCUT2D eigenvalue weighted by atomic mass is 16.5. The molecule has 2 aromatic rings. The lowest BCUT2D eigenvalue weighted by Gasteiger charge is -2.22. The third-order valence-corrected chi connectivity index (χ3v) is 6.39. The Labute approximate surface area is 194 Å². The van der Waals surface area contributed by atoms with Gasteiger partial charge in [-0.3, -0.25) is 4.79 Å². The molecule has 0 aromatic heterocycles. The first-order chi connectivity index (χ1) is 15.8. The van der Waals surface area contributed by atoms with Gasteiger partial charge in [-0.2, -0.15) is 0 Å². The fraction of sp³-hybridized carbons (Fsp3) is 0.423. The molecular formula is C26H32N2O5. The van der Waals surface area contributed by atoms with Gasteiger partial charge in [0, 0.05) is 18.4 Å². The van der Waals surface area contributed by atoms with E-state index in [4.69, 9.17) is 4.74 Å². The van der Waals surface area contributed by atoms with E-state index in [0.717, 1.165) is 22.3 Å². The largest absolute Gasteiger partial charge is 0.480 e. The van der Waals surface area contributed by atoms with Gasteiger partial charge in [0.05, 0.1) is 0 Å². The second-order valence-electron chi connectivity index (χ2n) is 8.55.